The minimum absolute atomic E-state index is 0.161. The fourth-order valence-corrected chi connectivity index (χ4v) is 4.57. The zero-order valence-electron chi connectivity index (χ0n) is 17.8. The van der Waals surface area contributed by atoms with Gasteiger partial charge in [0.2, 0.25) is 0 Å². The molecule has 4 heteroatoms. The van der Waals surface area contributed by atoms with Crippen molar-refractivity contribution in [3.63, 3.8) is 0 Å². The number of halogens is 1. The first-order chi connectivity index (χ1) is 13.8. The second-order valence-electron chi connectivity index (χ2n) is 9.11. The Balaban J connectivity index is 1.72. The van der Waals surface area contributed by atoms with E-state index in [2.05, 4.69) is 74.3 Å². The number of rotatable bonds is 3. The van der Waals surface area contributed by atoms with E-state index in [1.807, 2.05) is 12.1 Å². The van der Waals surface area contributed by atoms with Crippen LogP contribution in [-0.2, 0) is 0 Å². The highest BCUT2D eigenvalue weighted by molar-refractivity contribution is 6.30. The van der Waals surface area contributed by atoms with Crippen molar-refractivity contribution in [2.24, 2.45) is 0 Å². The Kier molecular flexibility index (Phi) is 5.54. The summed E-state index contributed by atoms with van der Waals surface area (Å²) in [6.07, 6.45) is 2.31. The molecule has 1 aromatic heterocycles. The van der Waals surface area contributed by atoms with Gasteiger partial charge in [0.05, 0.1) is 16.9 Å². The van der Waals surface area contributed by atoms with E-state index >= 15 is 0 Å². The molecule has 4 rings (SSSR count). The number of pyridine rings is 1. The molecule has 3 aromatic rings. The quantitative estimate of drug-likeness (QED) is 0.558. The van der Waals surface area contributed by atoms with Crippen molar-refractivity contribution in [3.8, 4) is 11.3 Å². The largest absolute Gasteiger partial charge is 0.371 e. The molecule has 1 aliphatic rings. The molecule has 1 saturated heterocycles. The van der Waals surface area contributed by atoms with E-state index in [-0.39, 0.29) is 5.54 Å². The molecular formula is C25H30ClN3. The van der Waals surface area contributed by atoms with Crippen molar-refractivity contribution < 1.29 is 0 Å². The molecule has 3 nitrogen and oxygen atoms in total. The summed E-state index contributed by atoms with van der Waals surface area (Å²) in [5.74, 6) is 0. The van der Waals surface area contributed by atoms with Gasteiger partial charge in [-0.15, -0.1) is 0 Å². The van der Waals surface area contributed by atoms with Crippen LogP contribution >= 0.6 is 11.6 Å². The van der Waals surface area contributed by atoms with Crippen molar-refractivity contribution in [2.75, 3.05) is 18.0 Å². The molecule has 152 valence electrons. The van der Waals surface area contributed by atoms with Gasteiger partial charge in [0, 0.05) is 40.6 Å². The summed E-state index contributed by atoms with van der Waals surface area (Å²) in [5, 5.41) is 5.76. The van der Waals surface area contributed by atoms with Gasteiger partial charge in [0.15, 0.2) is 0 Å². The first kappa shape index (κ1) is 20.2. The molecule has 1 N–H and O–H groups in total. The Morgan fingerprint density at radius 3 is 2.31 bits per heavy atom. The predicted octanol–water partition coefficient (Wildman–Crippen LogP) is 6.22. The molecule has 0 spiro atoms. The monoisotopic (exact) mass is 407 g/mol. The Hall–Kier alpha value is -2.10. The van der Waals surface area contributed by atoms with Crippen LogP contribution in [0, 0.1) is 6.92 Å². The lowest BCUT2D eigenvalue weighted by Gasteiger charge is -2.38. The van der Waals surface area contributed by atoms with Crippen molar-refractivity contribution in [1.82, 2.24) is 10.3 Å². The van der Waals surface area contributed by atoms with E-state index in [9.17, 15) is 0 Å². The molecule has 0 amide bonds. The van der Waals surface area contributed by atoms with Gasteiger partial charge in [-0.05, 0) is 64.3 Å². The average Bonchev–Trinajstić information content (AvgIpc) is 2.68. The maximum atomic E-state index is 6.11. The van der Waals surface area contributed by atoms with Crippen molar-refractivity contribution in [3.05, 3.63) is 59.1 Å². The van der Waals surface area contributed by atoms with Gasteiger partial charge in [-0.1, -0.05) is 41.9 Å². The maximum Gasteiger partial charge on any atom is 0.0759 e. The summed E-state index contributed by atoms with van der Waals surface area (Å²) in [5.41, 5.74) is 5.94. The molecule has 1 fully saturated rings. The van der Waals surface area contributed by atoms with Gasteiger partial charge in [-0.25, -0.2) is 4.98 Å². The molecule has 29 heavy (non-hydrogen) atoms. The third-order valence-electron chi connectivity index (χ3n) is 5.67. The highest BCUT2D eigenvalue weighted by atomic mass is 35.5. The van der Waals surface area contributed by atoms with Crippen LogP contribution in [-0.4, -0.2) is 29.7 Å². The van der Waals surface area contributed by atoms with Gasteiger partial charge in [-0.3, -0.25) is 0 Å². The molecule has 2 aromatic carbocycles. The van der Waals surface area contributed by atoms with Gasteiger partial charge < -0.3 is 10.2 Å². The zero-order chi connectivity index (χ0) is 20.6. The Labute approximate surface area is 179 Å². The number of benzene rings is 2. The number of anilines is 1. The summed E-state index contributed by atoms with van der Waals surface area (Å²) >= 11 is 6.11. The Morgan fingerprint density at radius 2 is 1.66 bits per heavy atom. The van der Waals surface area contributed by atoms with Crippen LogP contribution in [0.4, 0.5) is 5.69 Å². The normalized spacial score (nSPS) is 15.8. The molecule has 1 aliphatic heterocycles. The van der Waals surface area contributed by atoms with Gasteiger partial charge >= 0.3 is 0 Å². The van der Waals surface area contributed by atoms with Crippen molar-refractivity contribution in [2.45, 2.75) is 52.1 Å². The lowest BCUT2D eigenvalue weighted by Crippen LogP contribution is -2.49. The second kappa shape index (κ2) is 7.97. The van der Waals surface area contributed by atoms with E-state index in [0.717, 1.165) is 47.7 Å². The number of hydrogen-bond donors (Lipinski definition) is 1. The van der Waals surface area contributed by atoms with Gasteiger partial charge in [-0.2, -0.15) is 0 Å². The molecule has 0 unspecified atom stereocenters. The molecule has 0 atom stereocenters. The van der Waals surface area contributed by atoms with E-state index in [0.29, 0.717) is 6.04 Å². The van der Waals surface area contributed by atoms with E-state index in [1.54, 1.807) is 0 Å². The third kappa shape index (κ3) is 4.41. The van der Waals surface area contributed by atoms with Crippen LogP contribution in [0.1, 0.15) is 39.2 Å². The summed E-state index contributed by atoms with van der Waals surface area (Å²) in [6, 6.07) is 17.1. The highest BCUT2D eigenvalue weighted by Gasteiger charge is 2.26. The fraction of sp³-hybridized carbons (Fsp3) is 0.400. The van der Waals surface area contributed by atoms with Crippen LogP contribution in [0.5, 0.6) is 0 Å². The molecule has 0 bridgehead atoms. The fourth-order valence-electron chi connectivity index (χ4n) is 4.45. The number of fused-ring (bicyclic) bond motifs is 1. The molecule has 0 aliphatic carbocycles. The maximum absolute atomic E-state index is 6.11. The lowest BCUT2D eigenvalue weighted by atomic mass is 9.96. The molecular weight excluding hydrogens is 378 g/mol. The molecule has 0 saturated carbocycles. The summed E-state index contributed by atoms with van der Waals surface area (Å²) in [4.78, 5) is 7.57. The minimum Gasteiger partial charge on any atom is -0.371 e. The number of hydrogen-bond acceptors (Lipinski definition) is 3. The molecule has 2 heterocycles. The SMILES string of the molecule is Cc1c(-c2ccc(Cl)cc2)nc2ccccc2c1N1CCC(NC(C)(C)C)CC1. The van der Waals surface area contributed by atoms with Gasteiger partial charge in [0.1, 0.15) is 0 Å². The highest BCUT2D eigenvalue weighted by Crippen LogP contribution is 2.37. The predicted molar refractivity (Wildman–Crippen MR) is 125 cm³/mol. The van der Waals surface area contributed by atoms with Crippen molar-refractivity contribution >= 4 is 28.2 Å². The van der Waals surface area contributed by atoms with E-state index in [4.69, 9.17) is 16.6 Å². The van der Waals surface area contributed by atoms with Crippen LogP contribution in [0.25, 0.3) is 22.2 Å². The van der Waals surface area contributed by atoms with Crippen LogP contribution in [0.3, 0.4) is 0 Å². The number of nitrogens with one attached hydrogen (secondary N) is 1. The van der Waals surface area contributed by atoms with Crippen LogP contribution in [0.15, 0.2) is 48.5 Å². The smallest absolute Gasteiger partial charge is 0.0759 e. The summed E-state index contributed by atoms with van der Waals surface area (Å²) in [6.45, 7) is 11.1. The number of para-hydroxylation sites is 1. The first-order valence-electron chi connectivity index (χ1n) is 10.5. The summed E-state index contributed by atoms with van der Waals surface area (Å²) < 4.78 is 0. The Morgan fingerprint density at radius 1 is 1.00 bits per heavy atom. The van der Waals surface area contributed by atoms with Gasteiger partial charge in [0.25, 0.3) is 0 Å². The first-order valence-corrected chi connectivity index (χ1v) is 10.9. The third-order valence-corrected chi connectivity index (χ3v) is 5.92. The lowest BCUT2D eigenvalue weighted by molar-refractivity contribution is 0.317. The van der Waals surface area contributed by atoms with Crippen LogP contribution < -0.4 is 10.2 Å². The summed E-state index contributed by atoms with van der Waals surface area (Å²) in [7, 11) is 0. The van der Waals surface area contributed by atoms with E-state index in [1.165, 1.54) is 16.6 Å². The van der Waals surface area contributed by atoms with Crippen molar-refractivity contribution in [1.29, 1.82) is 0 Å². The number of aromatic nitrogens is 1. The number of nitrogens with zero attached hydrogens (tertiary/aromatic N) is 2. The van der Waals surface area contributed by atoms with E-state index < -0.39 is 0 Å². The average molecular weight is 408 g/mol. The van der Waals surface area contributed by atoms with Crippen LogP contribution in [0.2, 0.25) is 5.02 Å². The minimum atomic E-state index is 0.161. The topological polar surface area (TPSA) is 28.2 Å². The molecule has 0 radical (unpaired) electrons. The Bertz CT molecular complexity index is 997. The zero-order valence-corrected chi connectivity index (χ0v) is 18.6. The standard InChI is InChI=1S/C25H30ClN3/c1-17-23(18-9-11-19(26)12-10-18)27-22-8-6-5-7-21(22)24(17)29-15-13-20(14-16-29)28-25(2,3)4/h5-12,20,28H,13-16H2,1-4H3. The number of piperidine rings is 1. The second-order valence-corrected chi connectivity index (χ2v) is 9.55.